The number of hydrogen-bond acceptors (Lipinski definition) is 6. The summed E-state index contributed by atoms with van der Waals surface area (Å²) in [5.74, 6) is -4.44. The zero-order valence-corrected chi connectivity index (χ0v) is 25.1. The van der Waals surface area contributed by atoms with Crippen molar-refractivity contribution in [3.63, 3.8) is 0 Å². The average Bonchev–Trinajstić information content (AvgIpc) is 2.88. The van der Waals surface area contributed by atoms with Crippen LogP contribution in [0.15, 0.2) is 0 Å². The van der Waals surface area contributed by atoms with Gasteiger partial charge in [0, 0.05) is 38.5 Å². The highest BCUT2D eigenvalue weighted by Crippen LogP contribution is 2.10. The second-order valence-corrected chi connectivity index (χ2v) is 10.2. The Morgan fingerprint density at radius 3 is 0.405 bits per heavy atom. The fraction of sp³-hybridized carbons (Fsp3) is 0.800. The summed E-state index contributed by atoms with van der Waals surface area (Å²) in [5.41, 5.74) is 0. The van der Waals surface area contributed by atoms with Gasteiger partial charge in [-0.25, -0.2) is 0 Å². The van der Waals surface area contributed by atoms with E-state index >= 15 is 0 Å². The van der Waals surface area contributed by atoms with Gasteiger partial charge in [-0.15, -0.1) is 0 Å². The summed E-state index contributed by atoms with van der Waals surface area (Å²) in [6, 6.07) is 0. The molecule has 12 heteroatoms. The quantitative estimate of drug-likeness (QED) is 0.0529. The highest BCUT2D eigenvalue weighted by molar-refractivity contribution is 5.68. The lowest BCUT2D eigenvalue weighted by atomic mass is 10.1. The number of carbonyl (C=O) groups is 6. The first kappa shape index (κ1) is 43.3. The maximum absolute atomic E-state index is 10.1. The third-order valence-electron chi connectivity index (χ3n) is 6.09. The molecule has 0 saturated heterocycles. The van der Waals surface area contributed by atoms with Crippen molar-refractivity contribution in [1.82, 2.24) is 0 Å². The van der Waals surface area contributed by atoms with E-state index in [2.05, 4.69) is 0 Å². The Morgan fingerprint density at radius 2 is 0.310 bits per heavy atom. The van der Waals surface area contributed by atoms with Gasteiger partial charge in [-0.1, -0.05) is 77.0 Å². The van der Waals surface area contributed by atoms with Crippen molar-refractivity contribution in [3.05, 3.63) is 0 Å². The van der Waals surface area contributed by atoms with Gasteiger partial charge in [0.05, 0.1) is 0 Å². The van der Waals surface area contributed by atoms with Crippen LogP contribution in [0.2, 0.25) is 0 Å². The normalized spacial score (nSPS) is 10.0. The topological polar surface area (TPSA) is 224 Å². The van der Waals surface area contributed by atoms with Gasteiger partial charge < -0.3 is 30.6 Å². The Hall–Kier alpha value is -3.18. The Bertz CT molecular complexity index is 566. The van der Waals surface area contributed by atoms with Crippen LogP contribution >= 0.6 is 0 Å². The SMILES string of the molecule is O=C(O)CCCCCCCCC(=O)O.O=C(O)CCCCCCCCC(=O)O.O=C(O)CCCCCCCCC(=O)O. The minimum Gasteiger partial charge on any atom is -0.481 e. The van der Waals surface area contributed by atoms with Gasteiger partial charge in [0.25, 0.3) is 0 Å². The van der Waals surface area contributed by atoms with Gasteiger partial charge in [0.2, 0.25) is 0 Å². The molecule has 0 aromatic heterocycles. The predicted octanol–water partition coefficient (Wildman–Crippen LogP) is 6.83. The lowest BCUT2D eigenvalue weighted by Crippen LogP contribution is -1.94. The Labute approximate surface area is 249 Å². The van der Waals surface area contributed by atoms with E-state index in [0.717, 1.165) is 116 Å². The molecule has 0 aromatic carbocycles. The summed E-state index contributed by atoms with van der Waals surface area (Å²) in [7, 11) is 0. The fourth-order valence-electron chi connectivity index (χ4n) is 3.78. The van der Waals surface area contributed by atoms with E-state index in [1.54, 1.807) is 0 Å². The van der Waals surface area contributed by atoms with Crippen LogP contribution in [-0.4, -0.2) is 66.5 Å². The van der Waals surface area contributed by atoms with Crippen LogP contribution in [0.3, 0.4) is 0 Å². The van der Waals surface area contributed by atoms with Gasteiger partial charge >= 0.3 is 35.8 Å². The summed E-state index contributed by atoms with van der Waals surface area (Å²) >= 11 is 0. The molecule has 0 bridgehead atoms. The van der Waals surface area contributed by atoms with E-state index in [9.17, 15) is 28.8 Å². The van der Waals surface area contributed by atoms with Crippen LogP contribution in [-0.2, 0) is 28.8 Å². The van der Waals surface area contributed by atoms with Crippen LogP contribution in [0, 0.1) is 0 Å². The van der Waals surface area contributed by atoms with Gasteiger partial charge in [0.1, 0.15) is 0 Å². The minimum atomic E-state index is -0.740. The van der Waals surface area contributed by atoms with E-state index in [0.29, 0.717) is 0 Å². The molecule has 0 spiro atoms. The van der Waals surface area contributed by atoms with Crippen molar-refractivity contribution in [2.45, 2.75) is 154 Å². The number of carboxylic acids is 6. The second kappa shape index (κ2) is 34.0. The molecule has 42 heavy (non-hydrogen) atoms. The maximum Gasteiger partial charge on any atom is 0.303 e. The molecule has 0 rings (SSSR count). The Balaban J connectivity index is -0.000000543. The molecule has 0 saturated carbocycles. The van der Waals surface area contributed by atoms with E-state index in [1.165, 1.54) is 0 Å². The molecule has 0 atom stereocenters. The lowest BCUT2D eigenvalue weighted by Gasteiger charge is -1.98. The van der Waals surface area contributed by atoms with Crippen LogP contribution in [0.25, 0.3) is 0 Å². The van der Waals surface area contributed by atoms with Crippen molar-refractivity contribution in [2.24, 2.45) is 0 Å². The number of unbranched alkanes of at least 4 members (excludes halogenated alkanes) is 15. The molecule has 0 aromatic rings. The zero-order chi connectivity index (χ0) is 32.4. The molecule has 0 aliphatic carbocycles. The van der Waals surface area contributed by atoms with Gasteiger partial charge in [-0.3, -0.25) is 28.8 Å². The number of aliphatic carboxylic acids is 6. The number of hydrogen-bond donors (Lipinski definition) is 6. The van der Waals surface area contributed by atoms with Gasteiger partial charge in [0.15, 0.2) is 0 Å². The molecule has 12 nitrogen and oxygen atoms in total. The van der Waals surface area contributed by atoms with E-state index in [1.807, 2.05) is 0 Å². The largest absolute Gasteiger partial charge is 0.481 e. The molecule has 0 fully saturated rings. The summed E-state index contributed by atoms with van der Waals surface area (Å²) in [4.78, 5) is 60.9. The van der Waals surface area contributed by atoms with E-state index < -0.39 is 35.8 Å². The van der Waals surface area contributed by atoms with Crippen LogP contribution in [0.1, 0.15) is 154 Å². The predicted molar refractivity (Wildman–Crippen MR) is 157 cm³/mol. The number of rotatable bonds is 27. The van der Waals surface area contributed by atoms with Crippen molar-refractivity contribution >= 4 is 35.8 Å². The monoisotopic (exact) mass is 606 g/mol. The molecule has 0 unspecified atom stereocenters. The average molecular weight is 607 g/mol. The fourth-order valence-corrected chi connectivity index (χ4v) is 3.78. The Kier molecular flexibility index (Phi) is 35.1. The summed E-state index contributed by atoms with van der Waals surface area (Å²) in [5, 5.41) is 50.1. The van der Waals surface area contributed by atoms with Crippen LogP contribution in [0.4, 0.5) is 0 Å². The van der Waals surface area contributed by atoms with Gasteiger partial charge in [-0.05, 0) is 38.5 Å². The molecular formula is C30H54O12. The first-order chi connectivity index (χ1) is 19.9. The smallest absolute Gasteiger partial charge is 0.303 e. The van der Waals surface area contributed by atoms with Gasteiger partial charge in [-0.2, -0.15) is 0 Å². The molecule has 246 valence electrons. The van der Waals surface area contributed by atoms with E-state index in [4.69, 9.17) is 30.6 Å². The molecule has 6 N–H and O–H groups in total. The van der Waals surface area contributed by atoms with Crippen molar-refractivity contribution in [2.75, 3.05) is 0 Å². The summed E-state index contributed by atoms with van der Waals surface area (Å²) < 4.78 is 0. The highest BCUT2D eigenvalue weighted by Gasteiger charge is 2.00. The van der Waals surface area contributed by atoms with Crippen molar-refractivity contribution in [1.29, 1.82) is 0 Å². The van der Waals surface area contributed by atoms with Crippen LogP contribution in [0.5, 0.6) is 0 Å². The minimum absolute atomic E-state index is 0.245. The summed E-state index contributed by atoms with van der Waals surface area (Å²) in [6.07, 6.45) is 17.5. The third-order valence-corrected chi connectivity index (χ3v) is 6.09. The second-order valence-electron chi connectivity index (χ2n) is 10.2. The molecule has 0 aliphatic rings. The van der Waals surface area contributed by atoms with Crippen molar-refractivity contribution in [3.8, 4) is 0 Å². The maximum atomic E-state index is 10.1. The molecular weight excluding hydrogens is 552 g/mol. The third kappa shape index (κ3) is 53.1. The Morgan fingerprint density at radius 1 is 0.214 bits per heavy atom. The number of carboxylic acid groups (broad SMARTS) is 6. The first-order valence-electron chi connectivity index (χ1n) is 15.2. The molecule has 0 radical (unpaired) electrons. The van der Waals surface area contributed by atoms with Crippen LogP contribution < -0.4 is 0 Å². The highest BCUT2D eigenvalue weighted by atomic mass is 16.4. The standard InChI is InChI=1S/3C10H18O4/c3*11-9(12)7-5-3-1-2-4-6-8-10(13)14/h3*1-8H2,(H,11,12)(H,13,14). The molecule has 0 aliphatic heterocycles. The van der Waals surface area contributed by atoms with Crippen molar-refractivity contribution < 1.29 is 59.4 Å². The first-order valence-corrected chi connectivity index (χ1v) is 15.2. The molecule has 0 amide bonds. The van der Waals surface area contributed by atoms with E-state index in [-0.39, 0.29) is 38.5 Å². The lowest BCUT2D eigenvalue weighted by molar-refractivity contribution is -0.138. The molecule has 0 heterocycles. The zero-order valence-electron chi connectivity index (χ0n) is 25.1. The summed E-state index contributed by atoms with van der Waals surface area (Å²) in [6.45, 7) is 0.